The second-order valence-electron chi connectivity index (χ2n) is 10.8. The lowest BCUT2D eigenvalue weighted by Gasteiger charge is -2.14. The standard InChI is InChI=1S/C34H44N4O6/c1-2-3-4-5-6-7-14-20-29(40)37-27(34(42)43)21-22-28(39)35-23-15-24-36-32(41)30-31(25-16-10-8-11-17-25)44-33(38-30)26-18-12-9-13-19-26/h8-13,16-19,27H,2-7,14-15,20-24H2,1H3,(H,35,39)(H,36,41)(H,37,40)(H,42,43). The molecular formula is C34H44N4O6. The molecule has 0 aliphatic heterocycles. The first-order chi connectivity index (χ1) is 21.4. The van der Waals surface area contributed by atoms with Crippen molar-refractivity contribution in [2.45, 2.75) is 83.6 Å². The lowest BCUT2D eigenvalue weighted by atomic mass is 10.1. The van der Waals surface area contributed by atoms with Gasteiger partial charge in [-0.2, -0.15) is 0 Å². The van der Waals surface area contributed by atoms with Crippen LogP contribution in [0.2, 0.25) is 0 Å². The summed E-state index contributed by atoms with van der Waals surface area (Å²) in [7, 11) is 0. The highest BCUT2D eigenvalue weighted by atomic mass is 16.4. The van der Waals surface area contributed by atoms with E-state index in [9.17, 15) is 24.3 Å². The Bertz CT molecular complexity index is 1330. The van der Waals surface area contributed by atoms with Crippen molar-refractivity contribution in [1.82, 2.24) is 20.9 Å². The maximum Gasteiger partial charge on any atom is 0.326 e. The predicted molar refractivity (Wildman–Crippen MR) is 169 cm³/mol. The van der Waals surface area contributed by atoms with Gasteiger partial charge in [-0.25, -0.2) is 9.78 Å². The largest absolute Gasteiger partial charge is 0.480 e. The Morgan fingerprint density at radius 2 is 1.36 bits per heavy atom. The fourth-order valence-corrected chi connectivity index (χ4v) is 4.70. The van der Waals surface area contributed by atoms with E-state index in [2.05, 4.69) is 27.9 Å². The van der Waals surface area contributed by atoms with Gasteiger partial charge in [0, 0.05) is 37.1 Å². The molecule has 10 nitrogen and oxygen atoms in total. The molecule has 3 amide bonds. The Morgan fingerprint density at radius 3 is 2.02 bits per heavy atom. The molecular weight excluding hydrogens is 560 g/mol. The molecule has 0 aliphatic carbocycles. The second kappa shape index (κ2) is 18.9. The lowest BCUT2D eigenvalue weighted by Crippen LogP contribution is -2.41. The number of unbranched alkanes of at least 4 members (excludes halogenated alkanes) is 6. The molecule has 4 N–H and O–H groups in total. The number of nitrogens with zero attached hydrogens (tertiary/aromatic N) is 1. The summed E-state index contributed by atoms with van der Waals surface area (Å²) in [6.45, 7) is 2.74. The number of carbonyl (C=O) groups is 4. The van der Waals surface area contributed by atoms with Crippen molar-refractivity contribution in [3.8, 4) is 22.8 Å². The van der Waals surface area contributed by atoms with Crippen LogP contribution in [0.15, 0.2) is 65.1 Å². The van der Waals surface area contributed by atoms with Crippen LogP contribution >= 0.6 is 0 Å². The summed E-state index contributed by atoms with van der Waals surface area (Å²) >= 11 is 0. The Labute approximate surface area is 259 Å². The zero-order valence-corrected chi connectivity index (χ0v) is 25.5. The number of hydrogen-bond acceptors (Lipinski definition) is 6. The summed E-state index contributed by atoms with van der Waals surface area (Å²) in [6.07, 6.45) is 8.21. The molecule has 1 heterocycles. The van der Waals surface area contributed by atoms with Gasteiger partial charge in [0.05, 0.1) is 0 Å². The lowest BCUT2D eigenvalue weighted by molar-refractivity contribution is -0.142. The number of aromatic nitrogens is 1. The Kier molecular flexibility index (Phi) is 14.6. The SMILES string of the molecule is CCCCCCCCCC(=O)NC(CCC(=O)NCCCNC(=O)c1nc(-c2ccccc2)oc1-c1ccccc1)C(=O)O. The number of nitrogens with one attached hydrogen (secondary N) is 3. The van der Waals surface area contributed by atoms with Crippen LogP contribution in [0.5, 0.6) is 0 Å². The monoisotopic (exact) mass is 604 g/mol. The number of carboxylic acid groups (broad SMARTS) is 1. The van der Waals surface area contributed by atoms with Crippen molar-refractivity contribution in [3.63, 3.8) is 0 Å². The fraction of sp³-hybridized carbons (Fsp3) is 0.441. The smallest absolute Gasteiger partial charge is 0.326 e. The van der Waals surface area contributed by atoms with E-state index in [0.717, 1.165) is 36.8 Å². The van der Waals surface area contributed by atoms with E-state index in [1.807, 2.05) is 60.7 Å². The molecule has 1 atom stereocenters. The molecule has 1 unspecified atom stereocenters. The van der Waals surface area contributed by atoms with E-state index in [1.165, 1.54) is 19.3 Å². The average molecular weight is 605 g/mol. The molecule has 0 saturated carbocycles. The van der Waals surface area contributed by atoms with Crippen LogP contribution in [0.1, 0.15) is 88.0 Å². The van der Waals surface area contributed by atoms with Gasteiger partial charge in [-0.15, -0.1) is 0 Å². The van der Waals surface area contributed by atoms with Gasteiger partial charge in [0.25, 0.3) is 5.91 Å². The Morgan fingerprint density at radius 1 is 0.750 bits per heavy atom. The summed E-state index contributed by atoms with van der Waals surface area (Å²) in [5.74, 6) is -1.46. The zero-order chi connectivity index (χ0) is 31.6. The maximum atomic E-state index is 13.0. The molecule has 0 aliphatic rings. The van der Waals surface area contributed by atoms with Gasteiger partial charge >= 0.3 is 5.97 Å². The van der Waals surface area contributed by atoms with Crippen molar-refractivity contribution in [1.29, 1.82) is 0 Å². The highest BCUT2D eigenvalue weighted by molar-refractivity contribution is 5.98. The molecule has 2 aromatic carbocycles. The third kappa shape index (κ3) is 11.7. The van der Waals surface area contributed by atoms with Gasteiger partial charge < -0.3 is 25.5 Å². The Hall–Kier alpha value is -4.47. The molecule has 0 saturated heterocycles. The number of benzene rings is 2. The number of aliphatic carboxylic acids is 1. The number of carbonyl (C=O) groups excluding carboxylic acids is 3. The van der Waals surface area contributed by atoms with Crippen LogP contribution in [-0.2, 0) is 14.4 Å². The van der Waals surface area contributed by atoms with Crippen LogP contribution < -0.4 is 16.0 Å². The van der Waals surface area contributed by atoms with E-state index in [4.69, 9.17) is 4.42 Å². The third-order valence-electron chi connectivity index (χ3n) is 7.16. The van der Waals surface area contributed by atoms with E-state index >= 15 is 0 Å². The quantitative estimate of drug-likeness (QED) is 0.120. The molecule has 3 rings (SSSR count). The molecule has 0 radical (unpaired) electrons. The first kappa shape index (κ1) is 34.0. The average Bonchev–Trinajstić information content (AvgIpc) is 3.49. The third-order valence-corrected chi connectivity index (χ3v) is 7.16. The van der Waals surface area contributed by atoms with Gasteiger partial charge in [-0.05, 0) is 31.4 Å². The van der Waals surface area contributed by atoms with Gasteiger partial charge in [0.15, 0.2) is 11.5 Å². The number of rotatable bonds is 20. The highest BCUT2D eigenvalue weighted by Crippen LogP contribution is 2.29. The van der Waals surface area contributed by atoms with Crippen molar-refractivity contribution in [3.05, 3.63) is 66.4 Å². The summed E-state index contributed by atoms with van der Waals surface area (Å²) < 4.78 is 6.00. The molecule has 236 valence electrons. The number of oxazole rings is 1. The normalized spacial score (nSPS) is 11.5. The molecule has 3 aromatic rings. The van der Waals surface area contributed by atoms with Crippen LogP contribution in [0.25, 0.3) is 22.8 Å². The maximum absolute atomic E-state index is 13.0. The van der Waals surface area contributed by atoms with E-state index in [0.29, 0.717) is 24.6 Å². The topological polar surface area (TPSA) is 151 Å². The van der Waals surface area contributed by atoms with Gasteiger partial charge in [0.2, 0.25) is 17.7 Å². The Balaban J connectivity index is 1.38. The molecule has 0 spiro atoms. The zero-order valence-electron chi connectivity index (χ0n) is 25.5. The minimum Gasteiger partial charge on any atom is -0.480 e. The van der Waals surface area contributed by atoms with Crippen LogP contribution in [0.4, 0.5) is 0 Å². The molecule has 44 heavy (non-hydrogen) atoms. The fourth-order valence-electron chi connectivity index (χ4n) is 4.70. The van der Waals surface area contributed by atoms with Crippen molar-refractivity contribution in [2.75, 3.05) is 13.1 Å². The molecule has 0 bridgehead atoms. The molecule has 1 aromatic heterocycles. The van der Waals surface area contributed by atoms with E-state index < -0.39 is 17.9 Å². The molecule has 0 fully saturated rings. The first-order valence-corrected chi connectivity index (χ1v) is 15.6. The summed E-state index contributed by atoms with van der Waals surface area (Å²) in [6, 6.07) is 17.5. The highest BCUT2D eigenvalue weighted by Gasteiger charge is 2.23. The summed E-state index contributed by atoms with van der Waals surface area (Å²) in [4.78, 5) is 53.6. The first-order valence-electron chi connectivity index (χ1n) is 15.6. The minimum atomic E-state index is -1.16. The van der Waals surface area contributed by atoms with Gasteiger partial charge in [-0.1, -0.05) is 94.0 Å². The summed E-state index contributed by atoms with van der Waals surface area (Å²) in [5, 5.41) is 17.6. The van der Waals surface area contributed by atoms with E-state index in [-0.39, 0.29) is 43.3 Å². The number of amides is 3. The predicted octanol–water partition coefficient (Wildman–Crippen LogP) is 5.74. The minimum absolute atomic E-state index is 0.00116. The van der Waals surface area contributed by atoms with Crippen molar-refractivity contribution in [2.24, 2.45) is 0 Å². The number of carboxylic acids is 1. The van der Waals surface area contributed by atoms with Crippen LogP contribution in [-0.4, -0.2) is 52.9 Å². The van der Waals surface area contributed by atoms with Gasteiger partial charge in [-0.3, -0.25) is 14.4 Å². The van der Waals surface area contributed by atoms with Gasteiger partial charge in [0.1, 0.15) is 6.04 Å². The molecule has 10 heteroatoms. The van der Waals surface area contributed by atoms with Crippen LogP contribution in [0, 0.1) is 0 Å². The van der Waals surface area contributed by atoms with Crippen LogP contribution in [0.3, 0.4) is 0 Å². The second-order valence-corrected chi connectivity index (χ2v) is 10.8. The van der Waals surface area contributed by atoms with Crippen molar-refractivity contribution < 1.29 is 28.7 Å². The summed E-state index contributed by atoms with van der Waals surface area (Å²) in [5.41, 5.74) is 1.66. The van der Waals surface area contributed by atoms with E-state index in [1.54, 1.807) is 0 Å². The number of hydrogen-bond donors (Lipinski definition) is 4. The van der Waals surface area contributed by atoms with Crippen molar-refractivity contribution >= 4 is 23.7 Å².